The number of aliphatic hydroxyl groups excluding tert-OH is 4. The van der Waals surface area contributed by atoms with E-state index in [1.807, 2.05) is 0 Å². The lowest BCUT2D eigenvalue weighted by Gasteiger charge is -2.56. The second kappa shape index (κ2) is 28.7. The van der Waals surface area contributed by atoms with Gasteiger partial charge in [0.1, 0.15) is 0 Å². The van der Waals surface area contributed by atoms with Crippen molar-refractivity contribution in [3.63, 3.8) is 0 Å². The topological polar surface area (TPSA) is 173 Å². The van der Waals surface area contributed by atoms with Crippen LogP contribution in [0.25, 0.3) is 0 Å². The van der Waals surface area contributed by atoms with Crippen molar-refractivity contribution in [2.75, 3.05) is 132 Å². The molecule has 16 fully saturated rings. The van der Waals surface area contributed by atoms with E-state index < -0.39 is 0 Å². The SMILES string of the molecule is OCCOC12CC3CC(CC(C3)C1)C2.OCCOCCOC12CC3CC(CC(C3)C1)C2.OCCOCCOCCOC12CC3CC(CC(C3)C1)C2.OCCOCCOCCOCCOC12CC3CC(CC(C3)C1)C2. The summed E-state index contributed by atoms with van der Waals surface area (Å²) in [6.07, 6.45) is 33.0. The molecule has 16 bridgehead atoms. The molecule has 16 saturated carbocycles. The Morgan fingerprint density at radius 1 is 0.203 bits per heavy atom. The van der Waals surface area contributed by atoms with Gasteiger partial charge in [-0.25, -0.2) is 0 Å². The van der Waals surface area contributed by atoms with Crippen molar-refractivity contribution in [2.45, 2.75) is 177 Å². The van der Waals surface area contributed by atoms with Crippen molar-refractivity contribution in [3.8, 4) is 0 Å². The van der Waals surface area contributed by atoms with Crippen LogP contribution in [0.2, 0.25) is 0 Å². The summed E-state index contributed by atoms with van der Waals surface area (Å²) >= 11 is 0. The Kier molecular flexibility index (Phi) is 22.6. The fraction of sp³-hybridized carbons (Fsp3) is 1.00. The van der Waals surface area contributed by atoms with Crippen LogP contribution < -0.4 is 0 Å². The second-order valence-electron chi connectivity index (χ2n) is 26.4. The third kappa shape index (κ3) is 16.8. The highest BCUT2D eigenvalue weighted by Gasteiger charge is 2.55. The number of ether oxygens (including phenoxy) is 10. The van der Waals surface area contributed by atoms with E-state index in [0.717, 1.165) is 71.0 Å². The molecular formula is C60H104O14. The van der Waals surface area contributed by atoms with Crippen LogP contribution >= 0.6 is 0 Å². The van der Waals surface area contributed by atoms with E-state index in [-0.39, 0.29) is 48.8 Å². The Morgan fingerprint density at radius 3 is 0.527 bits per heavy atom. The number of aliphatic hydroxyl groups is 4. The summed E-state index contributed by atoms with van der Waals surface area (Å²) in [5.74, 6) is 11.3. The van der Waals surface area contributed by atoms with E-state index in [1.165, 1.54) is 154 Å². The molecule has 0 saturated heterocycles. The van der Waals surface area contributed by atoms with Crippen LogP contribution in [-0.4, -0.2) is 175 Å². The molecule has 0 aromatic rings. The zero-order chi connectivity index (χ0) is 51.1. The van der Waals surface area contributed by atoms with Crippen molar-refractivity contribution in [1.29, 1.82) is 0 Å². The monoisotopic (exact) mass is 1050 g/mol. The van der Waals surface area contributed by atoms with Crippen LogP contribution in [0, 0.1) is 71.0 Å². The minimum Gasteiger partial charge on any atom is -0.394 e. The van der Waals surface area contributed by atoms with Crippen LogP contribution in [0.1, 0.15) is 154 Å². The fourth-order valence-corrected chi connectivity index (χ4v) is 19.2. The molecule has 0 heterocycles. The van der Waals surface area contributed by atoms with Gasteiger partial charge in [0.2, 0.25) is 0 Å². The molecule has 428 valence electrons. The van der Waals surface area contributed by atoms with Gasteiger partial charge in [-0.05, 0) is 225 Å². The average Bonchev–Trinajstić information content (AvgIpc) is 3.35. The van der Waals surface area contributed by atoms with Crippen molar-refractivity contribution in [1.82, 2.24) is 0 Å². The van der Waals surface area contributed by atoms with Crippen LogP contribution in [0.5, 0.6) is 0 Å². The minimum atomic E-state index is 0.0623. The summed E-state index contributed by atoms with van der Waals surface area (Å²) in [6, 6.07) is 0. The number of hydrogen-bond donors (Lipinski definition) is 4. The average molecular weight is 1050 g/mol. The lowest BCUT2D eigenvalue weighted by atomic mass is 9.54. The molecule has 14 nitrogen and oxygen atoms in total. The molecule has 0 radical (unpaired) electrons. The van der Waals surface area contributed by atoms with Crippen molar-refractivity contribution in [2.24, 2.45) is 71.0 Å². The lowest BCUT2D eigenvalue weighted by Crippen LogP contribution is -2.52. The molecular weight excluding hydrogens is 945 g/mol. The zero-order valence-electron chi connectivity index (χ0n) is 45.9. The van der Waals surface area contributed by atoms with Gasteiger partial charge in [0, 0.05) is 0 Å². The van der Waals surface area contributed by atoms with Crippen LogP contribution in [0.3, 0.4) is 0 Å². The highest BCUT2D eigenvalue weighted by atomic mass is 16.6. The Labute approximate surface area is 446 Å². The minimum absolute atomic E-state index is 0.0623. The largest absolute Gasteiger partial charge is 0.394 e. The van der Waals surface area contributed by atoms with E-state index in [9.17, 15) is 0 Å². The molecule has 0 aromatic heterocycles. The normalized spacial score (nSPS) is 40.7. The molecule has 0 aliphatic heterocycles. The van der Waals surface area contributed by atoms with Crippen molar-refractivity contribution in [3.05, 3.63) is 0 Å². The van der Waals surface area contributed by atoms with Crippen molar-refractivity contribution < 1.29 is 67.8 Å². The predicted octanol–water partition coefficient (Wildman–Crippen LogP) is 7.96. The van der Waals surface area contributed by atoms with E-state index in [1.54, 1.807) is 0 Å². The molecule has 14 heteroatoms. The zero-order valence-corrected chi connectivity index (χ0v) is 45.9. The highest BCUT2D eigenvalue weighted by molar-refractivity contribution is 5.06. The van der Waals surface area contributed by atoms with Crippen molar-refractivity contribution >= 4 is 0 Å². The van der Waals surface area contributed by atoms with E-state index >= 15 is 0 Å². The first kappa shape index (κ1) is 58.1. The maximum Gasteiger partial charge on any atom is 0.0708 e. The third-order valence-electron chi connectivity index (χ3n) is 20.2. The van der Waals surface area contributed by atoms with E-state index in [4.69, 9.17) is 67.8 Å². The number of rotatable bonds is 30. The first-order valence-electron chi connectivity index (χ1n) is 30.6. The van der Waals surface area contributed by atoms with Gasteiger partial charge < -0.3 is 67.8 Å². The summed E-state index contributed by atoms with van der Waals surface area (Å²) in [5, 5.41) is 34.6. The van der Waals surface area contributed by atoms with Crippen LogP contribution in [-0.2, 0) is 47.4 Å². The Morgan fingerprint density at radius 2 is 0.351 bits per heavy atom. The Bertz CT molecular complexity index is 1450. The summed E-state index contributed by atoms with van der Waals surface area (Å²) in [7, 11) is 0. The maximum atomic E-state index is 8.84. The van der Waals surface area contributed by atoms with Crippen LogP contribution in [0.15, 0.2) is 0 Å². The molecule has 4 N–H and O–H groups in total. The first-order valence-corrected chi connectivity index (χ1v) is 30.6. The predicted molar refractivity (Wildman–Crippen MR) is 281 cm³/mol. The molecule has 16 aliphatic carbocycles. The summed E-state index contributed by atoms with van der Waals surface area (Å²) in [6.45, 7) is 9.66. The Balaban J connectivity index is 0.000000123. The van der Waals surface area contributed by atoms with Gasteiger partial charge in [0.25, 0.3) is 0 Å². The molecule has 16 aliphatic rings. The highest BCUT2D eigenvalue weighted by Crippen LogP contribution is 2.60. The summed E-state index contributed by atoms with van der Waals surface area (Å²) < 4.78 is 56.7. The molecule has 0 aromatic carbocycles. The molecule has 16 rings (SSSR count). The van der Waals surface area contributed by atoms with Gasteiger partial charge in [-0.2, -0.15) is 0 Å². The standard InChI is InChI=1S/C18H32O5.C16H28O4.C14H24O3.C12H20O2/c19-1-2-20-3-4-21-5-6-22-7-8-23-18-12-15-9-16(13-18)11-17(10-15)14-18;17-1-2-18-3-4-19-5-6-20-16-10-13-7-14(11-16)9-15(8-13)12-16;15-1-2-16-3-4-17-14-8-11-5-12(9-14)7-13(6-11)10-14;13-1-2-14-12-6-9-3-10(7-12)5-11(4-9)8-12/h15-17,19H,1-14H2;13-15,17H,1-12H2;11-13,15H,1-10H2;9-11,13H,1-8H2. The van der Waals surface area contributed by atoms with E-state index in [0.29, 0.717) is 106 Å². The summed E-state index contributed by atoms with van der Waals surface area (Å²) in [4.78, 5) is 0. The van der Waals surface area contributed by atoms with Gasteiger partial charge in [-0.15, -0.1) is 0 Å². The lowest BCUT2D eigenvalue weighted by molar-refractivity contribution is -0.169. The molecule has 0 amide bonds. The quantitative estimate of drug-likeness (QED) is 0.0511. The second-order valence-corrected chi connectivity index (χ2v) is 26.4. The third-order valence-corrected chi connectivity index (χ3v) is 20.2. The van der Waals surface area contributed by atoms with Gasteiger partial charge in [0.05, 0.1) is 155 Å². The van der Waals surface area contributed by atoms with Gasteiger partial charge >= 0.3 is 0 Å². The number of hydrogen-bond acceptors (Lipinski definition) is 14. The van der Waals surface area contributed by atoms with Gasteiger partial charge in [-0.1, -0.05) is 0 Å². The first-order chi connectivity index (χ1) is 36.2. The fourth-order valence-electron chi connectivity index (χ4n) is 19.2. The van der Waals surface area contributed by atoms with Crippen LogP contribution in [0.4, 0.5) is 0 Å². The molecule has 0 spiro atoms. The Hall–Kier alpha value is -0.560. The van der Waals surface area contributed by atoms with Gasteiger partial charge in [0.15, 0.2) is 0 Å². The smallest absolute Gasteiger partial charge is 0.0708 e. The molecule has 0 unspecified atom stereocenters. The maximum absolute atomic E-state index is 8.84. The molecule has 74 heavy (non-hydrogen) atoms. The molecule has 0 atom stereocenters. The van der Waals surface area contributed by atoms with Gasteiger partial charge in [-0.3, -0.25) is 0 Å². The summed E-state index contributed by atoms with van der Waals surface area (Å²) in [5.41, 5.74) is 0.791. The van der Waals surface area contributed by atoms with E-state index in [2.05, 4.69) is 0 Å².